The average Bonchev–Trinajstić information content (AvgIpc) is 2.27. The monoisotopic (exact) mass is 258 g/mol. The molecular formula is C13H26N2O3. The molecule has 1 N–H and O–H groups in total. The first-order valence-electron chi connectivity index (χ1n) is 6.62. The molecule has 0 spiro atoms. The number of nitrogens with zero attached hydrogens (tertiary/aromatic N) is 2. The molecule has 5 nitrogen and oxygen atoms in total. The zero-order chi connectivity index (χ0) is 13.8. The molecule has 106 valence electrons. The van der Waals surface area contributed by atoms with Gasteiger partial charge in [0, 0.05) is 25.7 Å². The molecule has 18 heavy (non-hydrogen) atoms. The van der Waals surface area contributed by atoms with Gasteiger partial charge in [0.05, 0.1) is 6.61 Å². The van der Waals surface area contributed by atoms with E-state index in [-0.39, 0.29) is 12.7 Å². The Balaban J connectivity index is 2.37. The van der Waals surface area contributed by atoms with Crippen molar-refractivity contribution < 1.29 is 14.6 Å². The second kappa shape index (κ2) is 6.38. The van der Waals surface area contributed by atoms with Gasteiger partial charge in [-0.2, -0.15) is 0 Å². The first-order chi connectivity index (χ1) is 8.33. The van der Waals surface area contributed by atoms with Crippen LogP contribution in [-0.4, -0.2) is 65.9 Å². The number of aliphatic hydroxyl groups is 1. The average molecular weight is 258 g/mol. The van der Waals surface area contributed by atoms with E-state index in [0.29, 0.717) is 12.6 Å². The maximum atomic E-state index is 11.9. The quantitative estimate of drug-likeness (QED) is 0.829. The lowest BCUT2D eigenvalue weighted by Crippen LogP contribution is -2.47. The van der Waals surface area contributed by atoms with E-state index in [0.717, 1.165) is 25.9 Å². The number of amides is 1. The van der Waals surface area contributed by atoms with Gasteiger partial charge < -0.3 is 19.6 Å². The third kappa shape index (κ3) is 4.82. The molecular weight excluding hydrogens is 232 g/mol. The molecule has 1 aliphatic heterocycles. The Labute approximate surface area is 110 Å². The van der Waals surface area contributed by atoms with Gasteiger partial charge in [-0.1, -0.05) is 0 Å². The number of hydrogen-bond acceptors (Lipinski definition) is 4. The summed E-state index contributed by atoms with van der Waals surface area (Å²) in [6.07, 6.45) is 1.66. The molecule has 0 aromatic carbocycles. The Hall–Kier alpha value is -0.810. The van der Waals surface area contributed by atoms with Gasteiger partial charge in [-0.15, -0.1) is 0 Å². The summed E-state index contributed by atoms with van der Waals surface area (Å²) in [5, 5.41) is 8.91. The third-order valence-corrected chi connectivity index (χ3v) is 3.19. The minimum atomic E-state index is -0.429. The van der Waals surface area contributed by atoms with Crippen LogP contribution in [0.1, 0.15) is 33.6 Å². The Bertz CT molecular complexity index is 268. The summed E-state index contributed by atoms with van der Waals surface area (Å²) >= 11 is 0. The molecule has 0 unspecified atom stereocenters. The lowest BCUT2D eigenvalue weighted by atomic mass is 10.0. The number of ether oxygens (including phenoxy) is 1. The highest BCUT2D eigenvalue weighted by atomic mass is 16.6. The van der Waals surface area contributed by atoms with Crippen LogP contribution in [0.2, 0.25) is 0 Å². The first kappa shape index (κ1) is 15.2. The van der Waals surface area contributed by atoms with E-state index in [4.69, 9.17) is 9.84 Å². The number of likely N-dealkylation sites (N-methyl/N-ethyl adjacent to an activating group) is 1. The summed E-state index contributed by atoms with van der Waals surface area (Å²) in [7, 11) is 2.02. The van der Waals surface area contributed by atoms with Gasteiger partial charge in [0.1, 0.15) is 5.60 Å². The number of carbonyl (C=O) groups is 1. The molecule has 1 fully saturated rings. The van der Waals surface area contributed by atoms with Crippen molar-refractivity contribution in [3.8, 4) is 0 Å². The Morgan fingerprint density at radius 1 is 1.39 bits per heavy atom. The van der Waals surface area contributed by atoms with Crippen LogP contribution < -0.4 is 0 Å². The molecule has 0 aromatic rings. The first-order valence-corrected chi connectivity index (χ1v) is 6.62. The highest BCUT2D eigenvalue weighted by Gasteiger charge is 2.28. The zero-order valence-corrected chi connectivity index (χ0v) is 12.0. The lowest BCUT2D eigenvalue weighted by molar-refractivity contribution is 0.0149. The third-order valence-electron chi connectivity index (χ3n) is 3.19. The molecule has 1 heterocycles. The number of piperidine rings is 1. The van der Waals surface area contributed by atoms with E-state index >= 15 is 0 Å². The van der Waals surface area contributed by atoms with E-state index in [1.807, 2.05) is 27.8 Å². The van der Waals surface area contributed by atoms with E-state index in [1.165, 1.54) is 0 Å². The van der Waals surface area contributed by atoms with Crippen molar-refractivity contribution in [2.45, 2.75) is 45.3 Å². The van der Waals surface area contributed by atoms with Crippen LogP contribution in [-0.2, 0) is 4.74 Å². The minimum Gasteiger partial charge on any atom is -0.444 e. The van der Waals surface area contributed by atoms with Crippen molar-refractivity contribution in [3.63, 3.8) is 0 Å². The zero-order valence-electron chi connectivity index (χ0n) is 12.0. The Morgan fingerprint density at radius 2 is 1.94 bits per heavy atom. The highest BCUT2D eigenvalue weighted by Crippen LogP contribution is 2.18. The number of rotatable bonds is 3. The molecule has 1 aliphatic rings. The molecule has 0 aromatic heterocycles. The van der Waals surface area contributed by atoms with Crippen LogP contribution in [0.4, 0.5) is 4.79 Å². The normalized spacial score (nSPS) is 18.2. The second-order valence-corrected chi connectivity index (χ2v) is 5.90. The molecule has 0 bridgehead atoms. The SMILES string of the molecule is CN(CCO)C1CCN(C(=O)OC(C)(C)C)CC1. The van der Waals surface area contributed by atoms with E-state index < -0.39 is 5.60 Å². The predicted molar refractivity (Wildman–Crippen MR) is 70.5 cm³/mol. The minimum absolute atomic E-state index is 0.183. The summed E-state index contributed by atoms with van der Waals surface area (Å²) in [6, 6.07) is 0.454. The van der Waals surface area contributed by atoms with Crippen LogP contribution in [0.15, 0.2) is 0 Å². The van der Waals surface area contributed by atoms with Crippen molar-refractivity contribution >= 4 is 6.09 Å². The van der Waals surface area contributed by atoms with Gasteiger partial charge >= 0.3 is 6.09 Å². The van der Waals surface area contributed by atoms with Crippen LogP contribution in [0.3, 0.4) is 0 Å². The van der Waals surface area contributed by atoms with Gasteiger partial charge in [-0.05, 0) is 40.7 Å². The fourth-order valence-corrected chi connectivity index (χ4v) is 2.16. The summed E-state index contributed by atoms with van der Waals surface area (Å²) < 4.78 is 5.35. The summed E-state index contributed by atoms with van der Waals surface area (Å²) in [5.74, 6) is 0. The number of aliphatic hydroxyl groups excluding tert-OH is 1. The van der Waals surface area contributed by atoms with Crippen molar-refractivity contribution in [3.05, 3.63) is 0 Å². The lowest BCUT2D eigenvalue weighted by Gasteiger charge is -2.37. The topological polar surface area (TPSA) is 53.0 Å². The maximum Gasteiger partial charge on any atom is 0.410 e. The molecule has 5 heteroatoms. The van der Waals surface area contributed by atoms with E-state index in [9.17, 15) is 4.79 Å². The second-order valence-electron chi connectivity index (χ2n) is 5.90. The smallest absolute Gasteiger partial charge is 0.410 e. The van der Waals surface area contributed by atoms with Crippen molar-refractivity contribution in [1.82, 2.24) is 9.80 Å². The van der Waals surface area contributed by atoms with Crippen LogP contribution in [0.5, 0.6) is 0 Å². The van der Waals surface area contributed by atoms with Crippen molar-refractivity contribution in [1.29, 1.82) is 0 Å². The largest absolute Gasteiger partial charge is 0.444 e. The number of carbonyl (C=O) groups excluding carboxylic acids is 1. The highest BCUT2D eigenvalue weighted by molar-refractivity contribution is 5.68. The van der Waals surface area contributed by atoms with Gasteiger partial charge in [0.25, 0.3) is 0 Å². The van der Waals surface area contributed by atoms with Gasteiger partial charge in [-0.3, -0.25) is 0 Å². The maximum absolute atomic E-state index is 11.9. The number of likely N-dealkylation sites (tertiary alicyclic amines) is 1. The molecule has 0 radical (unpaired) electrons. The Kier molecular flexibility index (Phi) is 5.41. The standard InChI is InChI=1S/C13H26N2O3/c1-13(2,3)18-12(17)15-7-5-11(6-8-15)14(4)9-10-16/h11,16H,5-10H2,1-4H3. The molecule has 1 amide bonds. The van der Waals surface area contributed by atoms with E-state index in [2.05, 4.69) is 4.90 Å². The van der Waals surface area contributed by atoms with Crippen LogP contribution in [0, 0.1) is 0 Å². The van der Waals surface area contributed by atoms with Crippen molar-refractivity contribution in [2.75, 3.05) is 33.3 Å². The van der Waals surface area contributed by atoms with Gasteiger partial charge in [0.2, 0.25) is 0 Å². The van der Waals surface area contributed by atoms with E-state index in [1.54, 1.807) is 4.90 Å². The summed E-state index contributed by atoms with van der Waals surface area (Å²) in [4.78, 5) is 15.8. The van der Waals surface area contributed by atoms with Crippen LogP contribution in [0.25, 0.3) is 0 Å². The molecule has 1 saturated heterocycles. The number of hydrogen-bond donors (Lipinski definition) is 1. The van der Waals surface area contributed by atoms with Gasteiger partial charge in [0.15, 0.2) is 0 Å². The van der Waals surface area contributed by atoms with Gasteiger partial charge in [-0.25, -0.2) is 4.79 Å². The molecule has 0 atom stereocenters. The van der Waals surface area contributed by atoms with Crippen molar-refractivity contribution in [2.24, 2.45) is 0 Å². The predicted octanol–water partition coefficient (Wildman–Crippen LogP) is 1.31. The fourth-order valence-electron chi connectivity index (χ4n) is 2.16. The summed E-state index contributed by atoms with van der Waals surface area (Å²) in [6.45, 7) is 7.98. The molecule has 0 aliphatic carbocycles. The summed E-state index contributed by atoms with van der Waals surface area (Å²) in [5.41, 5.74) is -0.429. The van der Waals surface area contributed by atoms with Crippen LogP contribution >= 0.6 is 0 Å². The fraction of sp³-hybridized carbons (Fsp3) is 0.923. The molecule has 1 rings (SSSR count). The molecule has 0 saturated carbocycles. The Morgan fingerprint density at radius 3 is 2.39 bits per heavy atom.